The van der Waals surface area contributed by atoms with E-state index in [2.05, 4.69) is 40.9 Å². The number of amides is 2. The van der Waals surface area contributed by atoms with Gasteiger partial charge in [-0.05, 0) is 76.3 Å². The summed E-state index contributed by atoms with van der Waals surface area (Å²) in [5, 5.41) is 9.07. The van der Waals surface area contributed by atoms with Gasteiger partial charge in [-0.2, -0.15) is 0 Å². The average molecular weight is 365 g/mol. The van der Waals surface area contributed by atoms with Crippen molar-refractivity contribution in [3.05, 3.63) is 66.0 Å². The van der Waals surface area contributed by atoms with Gasteiger partial charge in [0.25, 0.3) is 0 Å². The predicted molar refractivity (Wildman–Crippen MR) is 111 cm³/mol. The lowest BCUT2D eigenvalue weighted by Gasteiger charge is -2.17. The van der Waals surface area contributed by atoms with E-state index in [-0.39, 0.29) is 6.03 Å². The van der Waals surface area contributed by atoms with E-state index in [0.29, 0.717) is 0 Å². The molecule has 0 saturated heterocycles. The molecule has 0 saturated carbocycles. The number of benzene rings is 2. The summed E-state index contributed by atoms with van der Waals surface area (Å²) in [6, 6.07) is 15.2. The van der Waals surface area contributed by atoms with E-state index in [4.69, 9.17) is 0 Å². The zero-order valence-corrected chi connectivity index (χ0v) is 16.1. The van der Waals surface area contributed by atoms with Crippen molar-refractivity contribution in [3.63, 3.8) is 0 Å². The highest BCUT2D eigenvalue weighted by Crippen LogP contribution is 2.17. The summed E-state index contributed by atoms with van der Waals surface area (Å²) in [5.74, 6) is 0. The Kier molecular flexibility index (Phi) is 5.98. The Bertz CT molecular complexity index is 864. The Labute approximate surface area is 160 Å². The molecule has 2 amide bonds. The highest BCUT2D eigenvalue weighted by atomic mass is 16.2. The molecule has 0 radical (unpaired) electrons. The van der Waals surface area contributed by atoms with Gasteiger partial charge in [-0.15, -0.1) is 0 Å². The van der Waals surface area contributed by atoms with Gasteiger partial charge in [0.15, 0.2) is 0 Å². The van der Waals surface area contributed by atoms with Crippen molar-refractivity contribution >= 4 is 17.4 Å². The summed E-state index contributed by atoms with van der Waals surface area (Å²) >= 11 is 0. The molecular weight excluding hydrogens is 338 g/mol. The SMILES string of the molecule is Cc1ccccc1NC(=O)Nc1ccc(-n2cc(CCCN(C)C)[nH]2)cc1. The smallest absolute Gasteiger partial charge is 0.309 e. The summed E-state index contributed by atoms with van der Waals surface area (Å²) < 4.78 is 1.99. The van der Waals surface area contributed by atoms with Gasteiger partial charge in [-0.25, -0.2) is 4.79 Å². The summed E-state index contributed by atoms with van der Waals surface area (Å²) in [5.41, 5.74) is 4.87. The number of urea groups is 1. The van der Waals surface area contributed by atoms with Crippen LogP contribution in [-0.2, 0) is 6.42 Å². The molecule has 27 heavy (non-hydrogen) atoms. The molecule has 0 bridgehead atoms. The second-order valence-electron chi connectivity index (χ2n) is 6.98. The number of hydrogen-bond acceptors (Lipinski definition) is 2. The van der Waals surface area contributed by atoms with Crippen molar-refractivity contribution < 1.29 is 4.79 Å². The average Bonchev–Trinajstić information content (AvgIpc) is 2.60. The maximum Gasteiger partial charge on any atom is 0.323 e. The fraction of sp³-hybridized carbons (Fsp3) is 0.286. The predicted octanol–water partition coefficient (Wildman–Crippen LogP) is 4.25. The van der Waals surface area contributed by atoms with Gasteiger partial charge in [0.2, 0.25) is 0 Å². The number of rotatable bonds is 7. The van der Waals surface area contributed by atoms with Gasteiger partial charge in [0.05, 0.1) is 11.4 Å². The van der Waals surface area contributed by atoms with Crippen LogP contribution in [0.5, 0.6) is 0 Å². The molecule has 0 aliphatic rings. The van der Waals surface area contributed by atoms with E-state index >= 15 is 0 Å². The number of aromatic amines is 1. The first kappa shape index (κ1) is 18.8. The van der Waals surface area contributed by atoms with Gasteiger partial charge in [0.1, 0.15) is 0 Å². The van der Waals surface area contributed by atoms with Crippen LogP contribution in [0.1, 0.15) is 17.7 Å². The number of aryl methyl sites for hydroxylation is 2. The lowest BCUT2D eigenvalue weighted by atomic mass is 10.2. The first-order valence-electron chi connectivity index (χ1n) is 9.16. The van der Waals surface area contributed by atoms with Crippen LogP contribution in [0.15, 0.2) is 54.7 Å². The second kappa shape index (κ2) is 8.60. The molecule has 1 heterocycles. The molecule has 0 atom stereocenters. The lowest BCUT2D eigenvalue weighted by Crippen LogP contribution is -2.20. The van der Waals surface area contributed by atoms with Gasteiger partial charge >= 0.3 is 6.03 Å². The number of carbonyl (C=O) groups is 1. The molecule has 1 aromatic heterocycles. The summed E-state index contributed by atoms with van der Waals surface area (Å²) in [4.78, 5) is 14.3. The quantitative estimate of drug-likeness (QED) is 0.586. The number of aromatic nitrogens is 2. The second-order valence-corrected chi connectivity index (χ2v) is 6.98. The standard InChI is InChI=1S/C21H27N5O/c1-16-7-4-5-9-20(16)23-21(27)22-17-10-12-19(13-11-17)26-15-18(24-26)8-6-14-25(2)3/h4-5,7,9-13,15,24H,6,8,14H2,1-3H3,(H2,22,23,27). The minimum atomic E-state index is -0.248. The first-order valence-corrected chi connectivity index (χ1v) is 9.16. The van der Waals surface area contributed by atoms with E-state index in [9.17, 15) is 4.79 Å². The van der Waals surface area contributed by atoms with Crippen molar-refractivity contribution in [2.75, 3.05) is 31.3 Å². The van der Waals surface area contributed by atoms with E-state index in [1.165, 1.54) is 5.69 Å². The number of nitrogens with zero attached hydrogens (tertiary/aromatic N) is 2. The Morgan fingerprint density at radius 1 is 1.07 bits per heavy atom. The molecular formula is C21H27N5O. The minimum absolute atomic E-state index is 0.248. The van der Waals surface area contributed by atoms with Gasteiger partial charge in [-0.1, -0.05) is 18.2 Å². The molecule has 0 aliphatic heterocycles. The highest BCUT2D eigenvalue weighted by molar-refractivity contribution is 6.00. The third kappa shape index (κ3) is 5.24. The van der Waals surface area contributed by atoms with Gasteiger partial charge < -0.3 is 15.5 Å². The normalized spacial score (nSPS) is 11.0. The Hall–Kier alpha value is -2.99. The van der Waals surface area contributed by atoms with Crippen LogP contribution in [0.25, 0.3) is 5.69 Å². The van der Waals surface area contributed by atoms with Crippen LogP contribution < -0.4 is 10.6 Å². The fourth-order valence-corrected chi connectivity index (χ4v) is 2.85. The van der Waals surface area contributed by atoms with E-state index in [1.54, 1.807) is 0 Å². The molecule has 0 fully saturated rings. The summed E-state index contributed by atoms with van der Waals surface area (Å²) in [7, 11) is 4.18. The zero-order valence-electron chi connectivity index (χ0n) is 16.1. The molecule has 6 nitrogen and oxygen atoms in total. The molecule has 0 aliphatic carbocycles. The topological polar surface area (TPSA) is 65.1 Å². The Balaban J connectivity index is 1.51. The molecule has 3 N–H and O–H groups in total. The number of para-hydroxylation sites is 1. The minimum Gasteiger partial charge on any atom is -0.309 e. The van der Waals surface area contributed by atoms with E-state index in [0.717, 1.165) is 42.0 Å². The van der Waals surface area contributed by atoms with Crippen LogP contribution in [0, 0.1) is 6.92 Å². The van der Waals surface area contributed by atoms with Crippen LogP contribution in [0.2, 0.25) is 0 Å². The highest BCUT2D eigenvalue weighted by Gasteiger charge is 2.07. The molecule has 142 valence electrons. The fourth-order valence-electron chi connectivity index (χ4n) is 2.85. The summed E-state index contributed by atoms with van der Waals surface area (Å²) in [6.07, 6.45) is 4.30. The molecule has 0 unspecified atom stereocenters. The summed E-state index contributed by atoms with van der Waals surface area (Å²) in [6.45, 7) is 3.05. The number of hydrogen-bond donors (Lipinski definition) is 3. The van der Waals surface area contributed by atoms with Crippen molar-refractivity contribution in [3.8, 4) is 5.69 Å². The zero-order chi connectivity index (χ0) is 19.2. The molecule has 2 aromatic carbocycles. The third-order valence-corrected chi connectivity index (χ3v) is 4.40. The number of carbonyl (C=O) groups excluding carboxylic acids is 1. The van der Waals surface area contributed by atoms with Crippen molar-refractivity contribution in [1.82, 2.24) is 14.7 Å². The van der Waals surface area contributed by atoms with Gasteiger partial charge in [-0.3, -0.25) is 9.78 Å². The molecule has 0 spiro atoms. The first-order chi connectivity index (χ1) is 13.0. The molecule has 6 heteroatoms. The van der Waals surface area contributed by atoms with Crippen molar-refractivity contribution in [2.24, 2.45) is 0 Å². The largest absolute Gasteiger partial charge is 0.323 e. The Morgan fingerprint density at radius 3 is 2.44 bits per heavy atom. The van der Waals surface area contributed by atoms with Crippen molar-refractivity contribution in [1.29, 1.82) is 0 Å². The van der Waals surface area contributed by atoms with E-state index < -0.39 is 0 Å². The number of H-pyrrole nitrogens is 1. The van der Waals surface area contributed by atoms with Crippen LogP contribution in [-0.4, -0.2) is 41.4 Å². The molecule has 3 aromatic rings. The van der Waals surface area contributed by atoms with Crippen molar-refractivity contribution in [2.45, 2.75) is 19.8 Å². The maximum absolute atomic E-state index is 12.2. The Morgan fingerprint density at radius 2 is 1.78 bits per heavy atom. The maximum atomic E-state index is 12.2. The monoisotopic (exact) mass is 365 g/mol. The van der Waals surface area contributed by atoms with Crippen LogP contribution in [0.3, 0.4) is 0 Å². The lowest BCUT2D eigenvalue weighted by molar-refractivity contribution is 0.262. The number of nitrogens with one attached hydrogen (secondary N) is 3. The third-order valence-electron chi connectivity index (χ3n) is 4.40. The van der Waals surface area contributed by atoms with Gasteiger partial charge in [0, 0.05) is 17.6 Å². The van der Waals surface area contributed by atoms with E-state index in [1.807, 2.05) is 60.1 Å². The number of anilines is 2. The van der Waals surface area contributed by atoms with Crippen LogP contribution >= 0.6 is 0 Å². The molecule has 3 rings (SSSR count). The van der Waals surface area contributed by atoms with Crippen LogP contribution in [0.4, 0.5) is 16.2 Å².